The van der Waals surface area contributed by atoms with Crippen LogP contribution in [0.1, 0.15) is 30.9 Å². The van der Waals surface area contributed by atoms with Gasteiger partial charge in [0.05, 0.1) is 11.3 Å². The minimum absolute atomic E-state index is 0.485. The van der Waals surface area contributed by atoms with Crippen molar-refractivity contribution in [2.75, 3.05) is 5.32 Å². The molecule has 1 aromatic rings. The van der Waals surface area contributed by atoms with Crippen LogP contribution < -0.4 is 5.32 Å². The molecule has 2 nitrogen and oxygen atoms in total. The van der Waals surface area contributed by atoms with Crippen LogP contribution in [0, 0.1) is 24.2 Å². The van der Waals surface area contributed by atoms with Crippen molar-refractivity contribution in [3.8, 4) is 6.07 Å². The number of nitrogens with zero attached hydrogens (tertiary/aromatic N) is 1. The Morgan fingerprint density at radius 3 is 2.80 bits per heavy atom. The van der Waals surface area contributed by atoms with Crippen LogP contribution in [0.4, 0.5) is 5.69 Å². The van der Waals surface area contributed by atoms with Crippen LogP contribution in [0.2, 0.25) is 0 Å². The van der Waals surface area contributed by atoms with Gasteiger partial charge in [-0.05, 0) is 50.3 Å². The van der Waals surface area contributed by atoms with Gasteiger partial charge in [0, 0.05) is 6.04 Å². The summed E-state index contributed by atoms with van der Waals surface area (Å²) in [5, 5.41) is 12.4. The van der Waals surface area contributed by atoms with E-state index in [1.807, 2.05) is 19.1 Å². The highest BCUT2D eigenvalue weighted by atomic mass is 14.9. The molecule has 0 aliphatic heterocycles. The van der Waals surface area contributed by atoms with E-state index in [9.17, 15) is 0 Å². The Bertz CT molecular complexity index is 399. The summed E-state index contributed by atoms with van der Waals surface area (Å²) in [7, 11) is 0. The highest BCUT2D eigenvalue weighted by Crippen LogP contribution is 2.34. The number of benzene rings is 1. The Morgan fingerprint density at radius 1 is 1.47 bits per heavy atom. The third kappa shape index (κ3) is 2.30. The van der Waals surface area contributed by atoms with Gasteiger partial charge in [-0.2, -0.15) is 5.26 Å². The van der Waals surface area contributed by atoms with Crippen molar-refractivity contribution in [1.29, 1.82) is 5.26 Å². The maximum atomic E-state index is 8.99. The zero-order chi connectivity index (χ0) is 10.8. The van der Waals surface area contributed by atoms with Crippen LogP contribution in [0.15, 0.2) is 18.2 Å². The Kier molecular flexibility index (Phi) is 2.64. The molecule has 0 radical (unpaired) electrons. The highest BCUT2D eigenvalue weighted by molar-refractivity contribution is 5.59. The number of nitrogens with one attached hydrogen (secondary N) is 1. The zero-order valence-electron chi connectivity index (χ0n) is 9.25. The van der Waals surface area contributed by atoms with E-state index in [2.05, 4.69) is 24.4 Å². The number of anilines is 1. The molecule has 0 bridgehead atoms. The fraction of sp³-hybridized carbons (Fsp3) is 0.462. The number of nitriles is 1. The van der Waals surface area contributed by atoms with Gasteiger partial charge in [-0.25, -0.2) is 0 Å². The average molecular weight is 200 g/mol. The van der Waals surface area contributed by atoms with E-state index in [0.29, 0.717) is 6.04 Å². The van der Waals surface area contributed by atoms with Crippen LogP contribution in [0.3, 0.4) is 0 Å². The predicted molar refractivity (Wildman–Crippen MR) is 61.7 cm³/mol. The van der Waals surface area contributed by atoms with Gasteiger partial charge in [-0.15, -0.1) is 0 Å². The van der Waals surface area contributed by atoms with E-state index < -0.39 is 0 Å². The molecule has 0 heterocycles. The maximum Gasteiger partial charge on any atom is 0.101 e. The molecule has 0 aromatic heterocycles. The van der Waals surface area contributed by atoms with Crippen molar-refractivity contribution in [2.24, 2.45) is 5.92 Å². The summed E-state index contributed by atoms with van der Waals surface area (Å²) >= 11 is 0. The summed E-state index contributed by atoms with van der Waals surface area (Å²) in [6, 6.07) is 8.63. The van der Waals surface area contributed by atoms with Crippen molar-refractivity contribution in [3.63, 3.8) is 0 Å². The first-order chi connectivity index (χ1) is 7.20. The predicted octanol–water partition coefficient (Wildman–Crippen LogP) is 3.08. The number of hydrogen-bond acceptors (Lipinski definition) is 2. The second-order valence-electron chi connectivity index (χ2n) is 4.43. The molecule has 1 aromatic carbocycles. The standard InChI is InChI=1S/C13H16N2/c1-9-3-4-12(8-14)13(7-9)15-10(2)11-5-6-11/h3-4,7,10-11,15H,5-6H2,1-2H3. The monoisotopic (exact) mass is 200 g/mol. The van der Waals surface area contributed by atoms with E-state index >= 15 is 0 Å². The molecule has 78 valence electrons. The first kappa shape index (κ1) is 10.0. The topological polar surface area (TPSA) is 35.8 Å². The fourth-order valence-corrected chi connectivity index (χ4v) is 1.83. The second-order valence-corrected chi connectivity index (χ2v) is 4.43. The lowest BCUT2D eigenvalue weighted by molar-refractivity contribution is 0.694. The lowest BCUT2D eigenvalue weighted by Crippen LogP contribution is -2.18. The van der Waals surface area contributed by atoms with Gasteiger partial charge in [-0.3, -0.25) is 0 Å². The fourth-order valence-electron chi connectivity index (χ4n) is 1.83. The molecule has 2 heteroatoms. The average Bonchev–Trinajstić information content (AvgIpc) is 3.01. The van der Waals surface area contributed by atoms with Crippen molar-refractivity contribution in [2.45, 2.75) is 32.7 Å². The normalized spacial score (nSPS) is 16.9. The van der Waals surface area contributed by atoms with E-state index in [1.54, 1.807) is 0 Å². The number of rotatable bonds is 3. The molecule has 1 saturated carbocycles. The smallest absolute Gasteiger partial charge is 0.101 e. The third-order valence-corrected chi connectivity index (χ3v) is 3.01. The molecule has 0 amide bonds. The van der Waals surface area contributed by atoms with Gasteiger partial charge in [0.15, 0.2) is 0 Å². The van der Waals surface area contributed by atoms with Crippen molar-refractivity contribution in [3.05, 3.63) is 29.3 Å². The number of aryl methyl sites for hydroxylation is 1. The highest BCUT2D eigenvalue weighted by Gasteiger charge is 2.28. The molecule has 1 aliphatic rings. The van der Waals surface area contributed by atoms with E-state index in [1.165, 1.54) is 18.4 Å². The van der Waals surface area contributed by atoms with Crippen LogP contribution in [0.25, 0.3) is 0 Å². The summed E-state index contributed by atoms with van der Waals surface area (Å²) in [6.07, 6.45) is 2.64. The van der Waals surface area contributed by atoms with Crippen molar-refractivity contribution >= 4 is 5.69 Å². The van der Waals surface area contributed by atoms with Gasteiger partial charge < -0.3 is 5.32 Å². The quantitative estimate of drug-likeness (QED) is 0.813. The summed E-state index contributed by atoms with van der Waals surface area (Å²) in [5.74, 6) is 0.803. The van der Waals surface area contributed by atoms with Gasteiger partial charge in [0.25, 0.3) is 0 Å². The van der Waals surface area contributed by atoms with Crippen molar-refractivity contribution in [1.82, 2.24) is 0 Å². The third-order valence-electron chi connectivity index (χ3n) is 3.01. The van der Waals surface area contributed by atoms with Crippen LogP contribution in [-0.4, -0.2) is 6.04 Å². The summed E-state index contributed by atoms with van der Waals surface area (Å²) in [5.41, 5.74) is 2.92. The summed E-state index contributed by atoms with van der Waals surface area (Å²) < 4.78 is 0. The largest absolute Gasteiger partial charge is 0.381 e. The molecule has 2 rings (SSSR count). The van der Waals surface area contributed by atoms with Gasteiger partial charge in [0.1, 0.15) is 6.07 Å². The van der Waals surface area contributed by atoms with Crippen LogP contribution in [0.5, 0.6) is 0 Å². The zero-order valence-corrected chi connectivity index (χ0v) is 9.25. The van der Waals surface area contributed by atoms with Gasteiger partial charge in [-0.1, -0.05) is 6.07 Å². The lowest BCUT2D eigenvalue weighted by Gasteiger charge is -2.15. The molecule has 1 atom stereocenters. The lowest BCUT2D eigenvalue weighted by atomic mass is 10.1. The summed E-state index contributed by atoms with van der Waals surface area (Å²) in [4.78, 5) is 0. The Labute approximate surface area is 90.9 Å². The Balaban J connectivity index is 2.18. The molecule has 1 unspecified atom stereocenters. The minimum atomic E-state index is 0.485. The van der Waals surface area contributed by atoms with Crippen LogP contribution >= 0.6 is 0 Å². The summed E-state index contributed by atoms with van der Waals surface area (Å²) in [6.45, 7) is 4.25. The maximum absolute atomic E-state index is 8.99. The van der Waals surface area contributed by atoms with E-state index in [4.69, 9.17) is 5.26 Å². The first-order valence-corrected chi connectivity index (χ1v) is 5.48. The van der Waals surface area contributed by atoms with Crippen molar-refractivity contribution < 1.29 is 0 Å². The van der Waals surface area contributed by atoms with E-state index in [-0.39, 0.29) is 0 Å². The molecular formula is C13H16N2. The SMILES string of the molecule is Cc1ccc(C#N)c(NC(C)C2CC2)c1. The minimum Gasteiger partial charge on any atom is -0.381 e. The molecule has 0 spiro atoms. The Hall–Kier alpha value is -1.49. The second kappa shape index (κ2) is 3.94. The molecule has 15 heavy (non-hydrogen) atoms. The van der Waals surface area contributed by atoms with E-state index in [0.717, 1.165) is 17.2 Å². The Morgan fingerprint density at radius 2 is 2.20 bits per heavy atom. The first-order valence-electron chi connectivity index (χ1n) is 5.48. The number of hydrogen-bond donors (Lipinski definition) is 1. The molecule has 0 saturated heterocycles. The van der Waals surface area contributed by atoms with Gasteiger partial charge >= 0.3 is 0 Å². The molecular weight excluding hydrogens is 184 g/mol. The molecule has 1 fully saturated rings. The van der Waals surface area contributed by atoms with Crippen LogP contribution in [-0.2, 0) is 0 Å². The van der Waals surface area contributed by atoms with Gasteiger partial charge in [0.2, 0.25) is 0 Å². The molecule has 1 aliphatic carbocycles. The molecule has 1 N–H and O–H groups in total.